The lowest BCUT2D eigenvalue weighted by molar-refractivity contribution is -0.110. The van der Waals surface area contributed by atoms with E-state index in [1.807, 2.05) is 0 Å². The van der Waals surface area contributed by atoms with Crippen LogP contribution in [0.25, 0.3) is 0 Å². The van der Waals surface area contributed by atoms with Gasteiger partial charge in [0.05, 0.1) is 26.3 Å². The van der Waals surface area contributed by atoms with E-state index in [-0.39, 0.29) is 46.9 Å². The van der Waals surface area contributed by atoms with Crippen molar-refractivity contribution in [1.82, 2.24) is 10.4 Å². The number of carbonyl (C=O) groups excluding carboxylic acids is 3. The standard InChI is InChI=1S/C29H30N2O9/c1-38-23-7-5-8-24(39-2)26(23)27(35)25-21(33)14-18(15-22(25)34)29(37)40-31-13-4-3-6-19(16-31)30-28(36)17-9-11-20(32)12-10-17/h5,7-12,14-15,19,32-34H,3-4,6,13,16H2,1-2H3,(H,30,36)/t19-/m1/s1. The fourth-order valence-corrected chi connectivity index (χ4v) is 4.52. The molecule has 1 amide bonds. The van der Waals surface area contributed by atoms with Crippen molar-refractivity contribution in [2.45, 2.75) is 25.3 Å². The second-order valence-corrected chi connectivity index (χ2v) is 9.24. The summed E-state index contributed by atoms with van der Waals surface area (Å²) in [6.07, 6.45) is 2.17. The Kier molecular flexibility index (Phi) is 8.75. The van der Waals surface area contributed by atoms with Gasteiger partial charge in [-0.2, -0.15) is 0 Å². The van der Waals surface area contributed by atoms with E-state index >= 15 is 0 Å². The lowest BCUT2D eigenvalue weighted by atomic mass is 9.98. The highest BCUT2D eigenvalue weighted by molar-refractivity contribution is 6.16. The molecule has 4 N–H and O–H groups in total. The summed E-state index contributed by atoms with van der Waals surface area (Å²) in [4.78, 5) is 44.4. The number of benzene rings is 3. The SMILES string of the molecule is COc1cccc(OC)c1C(=O)c1c(O)cc(C(=O)ON2CCCC[C@@H](NC(=O)c3ccc(O)cc3)C2)cc1O. The number of phenols is 3. The molecule has 40 heavy (non-hydrogen) atoms. The van der Waals surface area contributed by atoms with Gasteiger partial charge in [-0.05, 0) is 67.8 Å². The van der Waals surface area contributed by atoms with E-state index in [9.17, 15) is 29.7 Å². The highest BCUT2D eigenvalue weighted by atomic mass is 16.7. The van der Waals surface area contributed by atoms with Crippen LogP contribution in [0.1, 0.15) is 55.9 Å². The number of nitrogens with one attached hydrogen (secondary N) is 1. The van der Waals surface area contributed by atoms with Crippen LogP contribution < -0.4 is 14.8 Å². The third-order valence-corrected chi connectivity index (χ3v) is 6.53. The Morgan fingerprint density at radius 3 is 2.08 bits per heavy atom. The Bertz CT molecular complexity index is 1360. The molecular formula is C29H30N2O9. The molecule has 0 unspecified atom stereocenters. The number of hydrogen-bond donors (Lipinski definition) is 4. The number of phenolic OH excluding ortho intramolecular Hbond substituents is 3. The number of hydrogen-bond acceptors (Lipinski definition) is 10. The van der Waals surface area contributed by atoms with Gasteiger partial charge >= 0.3 is 5.97 Å². The van der Waals surface area contributed by atoms with Gasteiger partial charge in [0.25, 0.3) is 5.91 Å². The van der Waals surface area contributed by atoms with Crippen LogP contribution in [0, 0.1) is 0 Å². The quantitative estimate of drug-likeness (QED) is 0.307. The summed E-state index contributed by atoms with van der Waals surface area (Å²) in [5.74, 6) is -2.77. The lowest BCUT2D eigenvalue weighted by Crippen LogP contribution is -2.43. The van der Waals surface area contributed by atoms with Crippen LogP contribution in [0.5, 0.6) is 28.7 Å². The summed E-state index contributed by atoms with van der Waals surface area (Å²) >= 11 is 0. The maximum Gasteiger partial charge on any atom is 0.357 e. The topological polar surface area (TPSA) is 155 Å². The number of ketones is 1. The number of rotatable bonds is 8. The Balaban J connectivity index is 1.48. The van der Waals surface area contributed by atoms with Crippen molar-refractivity contribution in [2.75, 3.05) is 27.3 Å². The van der Waals surface area contributed by atoms with Crippen LogP contribution in [0.2, 0.25) is 0 Å². The minimum absolute atomic E-state index is 0.00149. The van der Waals surface area contributed by atoms with Gasteiger partial charge in [-0.1, -0.05) is 6.07 Å². The number of methoxy groups -OCH3 is 2. The fourth-order valence-electron chi connectivity index (χ4n) is 4.52. The van der Waals surface area contributed by atoms with Crippen LogP contribution in [0.3, 0.4) is 0 Å². The number of aromatic hydroxyl groups is 3. The molecule has 0 radical (unpaired) electrons. The molecule has 3 aromatic carbocycles. The summed E-state index contributed by atoms with van der Waals surface area (Å²) in [5, 5.41) is 35.1. The normalized spacial score (nSPS) is 15.5. The molecule has 1 fully saturated rings. The summed E-state index contributed by atoms with van der Waals surface area (Å²) in [5.41, 5.74) is -0.214. The van der Waals surface area contributed by atoms with E-state index in [1.165, 1.54) is 55.7 Å². The zero-order chi connectivity index (χ0) is 28.8. The molecular weight excluding hydrogens is 520 g/mol. The highest BCUT2D eigenvalue weighted by Gasteiger charge is 2.28. The van der Waals surface area contributed by atoms with Gasteiger partial charge in [-0.15, -0.1) is 5.06 Å². The molecule has 0 saturated carbocycles. The van der Waals surface area contributed by atoms with Crippen LogP contribution in [0.4, 0.5) is 0 Å². The zero-order valence-electron chi connectivity index (χ0n) is 22.0. The molecule has 1 aliphatic heterocycles. The first-order valence-electron chi connectivity index (χ1n) is 12.6. The molecule has 1 saturated heterocycles. The van der Waals surface area contributed by atoms with Gasteiger partial charge in [0.2, 0.25) is 5.78 Å². The molecule has 0 spiro atoms. The van der Waals surface area contributed by atoms with Crippen molar-refractivity contribution in [3.63, 3.8) is 0 Å². The first kappa shape index (κ1) is 28.2. The minimum Gasteiger partial charge on any atom is -0.508 e. The first-order chi connectivity index (χ1) is 19.2. The summed E-state index contributed by atoms with van der Waals surface area (Å²) in [6.45, 7) is 0.636. The second kappa shape index (κ2) is 12.4. The molecule has 1 heterocycles. The molecule has 1 aliphatic rings. The first-order valence-corrected chi connectivity index (χ1v) is 12.6. The average molecular weight is 551 g/mol. The van der Waals surface area contributed by atoms with Crippen molar-refractivity contribution >= 4 is 17.7 Å². The molecule has 3 aromatic rings. The van der Waals surface area contributed by atoms with Gasteiger partial charge < -0.3 is 34.9 Å². The molecule has 0 aromatic heterocycles. The largest absolute Gasteiger partial charge is 0.508 e. The van der Waals surface area contributed by atoms with Crippen LogP contribution in [0.15, 0.2) is 54.6 Å². The summed E-state index contributed by atoms with van der Waals surface area (Å²) in [7, 11) is 2.74. The van der Waals surface area contributed by atoms with E-state index in [4.69, 9.17) is 14.3 Å². The Morgan fingerprint density at radius 1 is 0.850 bits per heavy atom. The molecule has 210 valence electrons. The van der Waals surface area contributed by atoms with Crippen molar-refractivity contribution in [3.05, 3.63) is 76.9 Å². The predicted octanol–water partition coefficient (Wildman–Crippen LogP) is 3.41. The van der Waals surface area contributed by atoms with Gasteiger partial charge in [0.15, 0.2) is 0 Å². The maximum absolute atomic E-state index is 13.3. The van der Waals surface area contributed by atoms with Gasteiger partial charge in [-0.3, -0.25) is 9.59 Å². The van der Waals surface area contributed by atoms with Crippen LogP contribution >= 0.6 is 0 Å². The second-order valence-electron chi connectivity index (χ2n) is 9.24. The van der Waals surface area contributed by atoms with Gasteiger partial charge in [0.1, 0.15) is 39.9 Å². The summed E-state index contributed by atoms with van der Waals surface area (Å²) in [6, 6.07) is 12.3. The smallest absolute Gasteiger partial charge is 0.357 e. The molecule has 0 bridgehead atoms. The van der Waals surface area contributed by atoms with E-state index in [0.29, 0.717) is 24.9 Å². The van der Waals surface area contributed by atoms with Crippen molar-refractivity contribution in [3.8, 4) is 28.7 Å². The molecule has 11 heteroatoms. The van der Waals surface area contributed by atoms with E-state index in [0.717, 1.165) is 18.6 Å². The van der Waals surface area contributed by atoms with Crippen molar-refractivity contribution < 1.29 is 44.0 Å². The van der Waals surface area contributed by atoms with Gasteiger partial charge in [-0.25, -0.2) is 4.79 Å². The predicted molar refractivity (Wildman–Crippen MR) is 143 cm³/mol. The Labute approximate surface area is 230 Å². The maximum atomic E-state index is 13.3. The number of carbonyl (C=O) groups is 3. The Hall–Kier alpha value is -4.77. The number of hydroxylamine groups is 2. The van der Waals surface area contributed by atoms with E-state index < -0.39 is 28.8 Å². The average Bonchev–Trinajstić information content (AvgIpc) is 3.16. The van der Waals surface area contributed by atoms with Crippen molar-refractivity contribution in [2.24, 2.45) is 0 Å². The third kappa shape index (κ3) is 6.26. The van der Waals surface area contributed by atoms with E-state index in [1.54, 1.807) is 6.07 Å². The molecule has 4 rings (SSSR count). The zero-order valence-corrected chi connectivity index (χ0v) is 22.0. The lowest BCUT2D eigenvalue weighted by Gasteiger charge is -2.24. The number of ether oxygens (including phenoxy) is 2. The molecule has 0 aliphatic carbocycles. The fraction of sp³-hybridized carbons (Fsp3) is 0.276. The molecule has 11 nitrogen and oxygen atoms in total. The monoisotopic (exact) mass is 550 g/mol. The number of nitrogens with zero attached hydrogens (tertiary/aromatic N) is 1. The molecule has 1 atom stereocenters. The number of amides is 1. The van der Waals surface area contributed by atoms with Crippen LogP contribution in [-0.2, 0) is 4.84 Å². The summed E-state index contributed by atoms with van der Waals surface area (Å²) < 4.78 is 10.5. The third-order valence-electron chi connectivity index (χ3n) is 6.53. The van der Waals surface area contributed by atoms with Gasteiger partial charge in [0, 0.05) is 18.2 Å². The highest BCUT2D eigenvalue weighted by Crippen LogP contribution is 2.37. The minimum atomic E-state index is -0.856. The van der Waals surface area contributed by atoms with Crippen LogP contribution in [-0.4, -0.2) is 71.4 Å². The van der Waals surface area contributed by atoms with E-state index in [2.05, 4.69) is 5.32 Å². The Morgan fingerprint density at radius 2 is 1.48 bits per heavy atom. The van der Waals surface area contributed by atoms with Crippen molar-refractivity contribution in [1.29, 1.82) is 0 Å².